The maximum absolute atomic E-state index is 2.51. The first kappa shape index (κ1) is 12.6. The van der Waals surface area contributed by atoms with Crippen molar-refractivity contribution >= 4 is 0 Å². The van der Waals surface area contributed by atoms with Crippen molar-refractivity contribution in [2.75, 3.05) is 26.3 Å². The van der Waals surface area contributed by atoms with E-state index < -0.39 is 0 Å². The predicted molar refractivity (Wildman–Crippen MR) is 66.7 cm³/mol. The Morgan fingerprint density at radius 1 is 1.00 bits per heavy atom. The van der Waals surface area contributed by atoms with Crippen LogP contribution in [0.25, 0.3) is 0 Å². The van der Waals surface area contributed by atoms with Crippen molar-refractivity contribution in [2.24, 2.45) is 0 Å². The lowest BCUT2D eigenvalue weighted by atomic mass is 10.2. The normalized spacial score (nSPS) is 17.3. The first-order valence-electron chi connectivity index (χ1n) is 6.50. The highest BCUT2D eigenvalue weighted by atomic mass is 15.3. The van der Waals surface area contributed by atoms with E-state index in [2.05, 4.69) is 35.9 Å². The standard InChI is InChI=1S/C13H26N2/c1-3-5-6-7-10-15-12-8-11-14(13-15)9-4-2/h8,12H,3-7,9-11,13H2,1-2H3. The molecule has 0 aliphatic carbocycles. The van der Waals surface area contributed by atoms with Gasteiger partial charge in [-0.05, 0) is 25.6 Å². The van der Waals surface area contributed by atoms with Crippen molar-refractivity contribution in [2.45, 2.75) is 46.0 Å². The average molecular weight is 210 g/mol. The zero-order valence-electron chi connectivity index (χ0n) is 10.4. The molecule has 15 heavy (non-hydrogen) atoms. The fourth-order valence-electron chi connectivity index (χ4n) is 2.07. The maximum atomic E-state index is 2.51. The minimum Gasteiger partial charge on any atom is -0.365 e. The molecule has 0 fully saturated rings. The van der Waals surface area contributed by atoms with Crippen molar-refractivity contribution in [1.29, 1.82) is 0 Å². The van der Waals surface area contributed by atoms with E-state index in [1.807, 2.05) is 0 Å². The highest BCUT2D eigenvalue weighted by Gasteiger charge is 2.10. The Morgan fingerprint density at radius 2 is 1.87 bits per heavy atom. The van der Waals surface area contributed by atoms with Crippen LogP contribution in [0.1, 0.15) is 46.0 Å². The predicted octanol–water partition coefficient (Wildman–Crippen LogP) is 3.07. The summed E-state index contributed by atoms with van der Waals surface area (Å²) in [7, 11) is 0. The molecule has 1 rings (SSSR count). The lowest BCUT2D eigenvalue weighted by Crippen LogP contribution is -2.39. The van der Waals surface area contributed by atoms with Crippen LogP contribution in [0.2, 0.25) is 0 Å². The second-order valence-electron chi connectivity index (χ2n) is 4.48. The molecule has 0 aromatic carbocycles. The number of hydrogen-bond acceptors (Lipinski definition) is 2. The molecule has 0 amide bonds. The molecule has 0 aromatic rings. The van der Waals surface area contributed by atoms with Gasteiger partial charge in [0, 0.05) is 13.1 Å². The van der Waals surface area contributed by atoms with Gasteiger partial charge in [0.05, 0.1) is 6.67 Å². The molecule has 0 spiro atoms. The van der Waals surface area contributed by atoms with E-state index >= 15 is 0 Å². The Balaban J connectivity index is 2.13. The van der Waals surface area contributed by atoms with Gasteiger partial charge in [-0.1, -0.05) is 39.2 Å². The fourth-order valence-corrected chi connectivity index (χ4v) is 2.07. The van der Waals surface area contributed by atoms with E-state index in [1.165, 1.54) is 45.2 Å². The highest BCUT2D eigenvalue weighted by molar-refractivity contribution is 4.90. The number of rotatable bonds is 7. The molecule has 0 atom stereocenters. The smallest absolute Gasteiger partial charge is 0.0704 e. The average Bonchev–Trinajstić information content (AvgIpc) is 2.26. The SMILES string of the molecule is CCCCCCN1C=CCN(CCC)C1. The van der Waals surface area contributed by atoms with Gasteiger partial charge < -0.3 is 4.90 Å². The molecule has 88 valence electrons. The van der Waals surface area contributed by atoms with Crippen LogP contribution in [0.5, 0.6) is 0 Å². The molecule has 0 saturated carbocycles. The summed E-state index contributed by atoms with van der Waals surface area (Å²) in [6.45, 7) is 9.26. The molecule has 0 aromatic heterocycles. The van der Waals surface area contributed by atoms with Crippen LogP contribution in [0.15, 0.2) is 12.3 Å². The summed E-state index contributed by atoms with van der Waals surface area (Å²) in [6, 6.07) is 0. The van der Waals surface area contributed by atoms with Crippen molar-refractivity contribution in [1.82, 2.24) is 9.80 Å². The number of nitrogens with zero attached hydrogens (tertiary/aromatic N) is 2. The molecule has 0 N–H and O–H groups in total. The van der Waals surface area contributed by atoms with Crippen LogP contribution in [0.3, 0.4) is 0 Å². The third-order valence-corrected chi connectivity index (χ3v) is 2.90. The third-order valence-electron chi connectivity index (χ3n) is 2.90. The topological polar surface area (TPSA) is 6.48 Å². The van der Waals surface area contributed by atoms with Crippen LogP contribution in [0.4, 0.5) is 0 Å². The zero-order chi connectivity index (χ0) is 10.9. The summed E-state index contributed by atoms with van der Waals surface area (Å²) in [5.41, 5.74) is 0. The van der Waals surface area contributed by atoms with Gasteiger partial charge in [-0.3, -0.25) is 4.90 Å². The molecule has 0 radical (unpaired) electrons. The number of unbranched alkanes of at least 4 members (excludes halogenated alkanes) is 3. The van der Waals surface area contributed by atoms with Gasteiger partial charge in [0.2, 0.25) is 0 Å². The molecule has 0 saturated heterocycles. The first-order chi connectivity index (χ1) is 7.36. The molecule has 0 bridgehead atoms. The third kappa shape index (κ3) is 5.22. The lowest BCUT2D eigenvalue weighted by molar-refractivity contribution is 0.167. The Morgan fingerprint density at radius 3 is 2.60 bits per heavy atom. The van der Waals surface area contributed by atoms with Gasteiger partial charge in [0.1, 0.15) is 0 Å². The maximum Gasteiger partial charge on any atom is 0.0704 e. The Labute approximate surface area is 94.9 Å². The van der Waals surface area contributed by atoms with Crippen molar-refractivity contribution in [3.63, 3.8) is 0 Å². The summed E-state index contributed by atoms with van der Waals surface area (Å²) in [4.78, 5) is 4.97. The minimum atomic E-state index is 1.14. The summed E-state index contributed by atoms with van der Waals surface area (Å²) in [5, 5.41) is 0. The van der Waals surface area contributed by atoms with Crippen LogP contribution in [-0.4, -0.2) is 36.1 Å². The quantitative estimate of drug-likeness (QED) is 0.596. The van der Waals surface area contributed by atoms with Gasteiger partial charge in [-0.25, -0.2) is 0 Å². The Hall–Kier alpha value is -0.500. The summed E-state index contributed by atoms with van der Waals surface area (Å²) in [6.07, 6.45) is 11.3. The second-order valence-corrected chi connectivity index (χ2v) is 4.48. The van der Waals surface area contributed by atoms with E-state index in [9.17, 15) is 0 Å². The molecule has 1 heterocycles. The fraction of sp³-hybridized carbons (Fsp3) is 0.846. The highest BCUT2D eigenvalue weighted by Crippen LogP contribution is 2.07. The van der Waals surface area contributed by atoms with Crippen molar-refractivity contribution < 1.29 is 0 Å². The van der Waals surface area contributed by atoms with E-state index in [0.717, 1.165) is 13.2 Å². The lowest BCUT2D eigenvalue weighted by Gasteiger charge is -2.32. The van der Waals surface area contributed by atoms with E-state index in [-0.39, 0.29) is 0 Å². The minimum absolute atomic E-state index is 1.14. The Bertz CT molecular complexity index is 177. The molecular formula is C13H26N2. The van der Waals surface area contributed by atoms with Gasteiger partial charge in [0.15, 0.2) is 0 Å². The van der Waals surface area contributed by atoms with Gasteiger partial charge in [-0.15, -0.1) is 0 Å². The molecule has 2 nitrogen and oxygen atoms in total. The monoisotopic (exact) mass is 210 g/mol. The van der Waals surface area contributed by atoms with Gasteiger partial charge in [0.25, 0.3) is 0 Å². The zero-order valence-corrected chi connectivity index (χ0v) is 10.4. The largest absolute Gasteiger partial charge is 0.365 e. The van der Waals surface area contributed by atoms with E-state index in [0.29, 0.717) is 0 Å². The molecule has 1 aliphatic rings. The van der Waals surface area contributed by atoms with Crippen LogP contribution in [0, 0.1) is 0 Å². The first-order valence-corrected chi connectivity index (χ1v) is 6.50. The molecular weight excluding hydrogens is 184 g/mol. The van der Waals surface area contributed by atoms with E-state index in [4.69, 9.17) is 0 Å². The number of hydrogen-bond donors (Lipinski definition) is 0. The van der Waals surface area contributed by atoms with E-state index in [1.54, 1.807) is 0 Å². The van der Waals surface area contributed by atoms with Crippen LogP contribution >= 0.6 is 0 Å². The second kappa shape index (κ2) is 7.75. The van der Waals surface area contributed by atoms with Crippen LogP contribution in [-0.2, 0) is 0 Å². The summed E-state index contributed by atoms with van der Waals surface area (Å²) in [5.74, 6) is 0. The van der Waals surface area contributed by atoms with Crippen molar-refractivity contribution in [3.05, 3.63) is 12.3 Å². The molecule has 1 aliphatic heterocycles. The molecule has 0 unspecified atom stereocenters. The van der Waals surface area contributed by atoms with Crippen LogP contribution < -0.4 is 0 Å². The molecule has 2 heteroatoms. The van der Waals surface area contributed by atoms with Gasteiger partial charge in [-0.2, -0.15) is 0 Å². The summed E-state index contributed by atoms with van der Waals surface area (Å²) >= 11 is 0. The summed E-state index contributed by atoms with van der Waals surface area (Å²) < 4.78 is 0. The van der Waals surface area contributed by atoms with Gasteiger partial charge >= 0.3 is 0 Å². The van der Waals surface area contributed by atoms with Crippen molar-refractivity contribution in [3.8, 4) is 0 Å². The Kier molecular flexibility index (Phi) is 6.49.